The van der Waals surface area contributed by atoms with Crippen LogP contribution in [0.1, 0.15) is 15.9 Å². The third-order valence-corrected chi connectivity index (χ3v) is 6.00. The first-order valence-electron chi connectivity index (χ1n) is 9.52. The minimum absolute atomic E-state index is 0.134. The van der Waals surface area contributed by atoms with Gasteiger partial charge in [0.2, 0.25) is 0 Å². The molecular formula is C24H20N2O4S. The second-order valence-corrected chi connectivity index (χ2v) is 7.82. The highest BCUT2D eigenvalue weighted by Gasteiger charge is 2.31. The second kappa shape index (κ2) is 8.65. The number of benzene rings is 3. The molecule has 1 amide bonds. The molecule has 31 heavy (non-hydrogen) atoms. The Hall–Kier alpha value is -3.58. The van der Waals surface area contributed by atoms with E-state index in [1.165, 1.54) is 23.8 Å². The summed E-state index contributed by atoms with van der Waals surface area (Å²) in [6.45, 7) is 0. The molecular weight excluding hydrogens is 412 g/mol. The summed E-state index contributed by atoms with van der Waals surface area (Å²) in [6.07, 6.45) is 1.85. The van der Waals surface area contributed by atoms with Gasteiger partial charge in [0.25, 0.3) is 5.91 Å². The lowest BCUT2D eigenvalue weighted by Gasteiger charge is -2.09. The second-order valence-electron chi connectivity index (χ2n) is 6.81. The summed E-state index contributed by atoms with van der Waals surface area (Å²) in [4.78, 5) is 31.1. The van der Waals surface area contributed by atoms with Crippen molar-refractivity contribution in [3.8, 4) is 5.75 Å². The standard InChI is InChI=1S/C24H20N2O4S/c1-26-22(27)21(14-19-18-7-5-4-6-15(18)10-13-20(19)29-2)31-24(26)25-17-11-8-16(9-12-17)23(28)30-3/h4-14H,1-3H3. The Morgan fingerprint density at radius 2 is 1.77 bits per heavy atom. The average molecular weight is 433 g/mol. The van der Waals surface area contributed by atoms with Gasteiger partial charge in [-0.3, -0.25) is 9.69 Å². The molecule has 1 heterocycles. The minimum Gasteiger partial charge on any atom is -0.496 e. The van der Waals surface area contributed by atoms with Gasteiger partial charge in [-0.15, -0.1) is 0 Å². The molecule has 0 radical (unpaired) electrons. The highest BCUT2D eigenvalue weighted by Crippen LogP contribution is 2.37. The summed E-state index contributed by atoms with van der Waals surface area (Å²) in [7, 11) is 4.65. The predicted molar refractivity (Wildman–Crippen MR) is 124 cm³/mol. The van der Waals surface area contributed by atoms with Gasteiger partial charge >= 0.3 is 5.97 Å². The van der Waals surface area contributed by atoms with Crippen LogP contribution < -0.4 is 4.74 Å². The van der Waals surface area contributed by atoms with Crippen LogP contribution in [0.25, 0.3) is 16.8 Å². The summed E-state index contributed by atoms with van der Waals surface area (Å²) in [5.74, 6) is 0.159. The number of ether oxygens (including phenoxy) is 2. The van der Waals surface area contributed by atoms with Crippen molar-refractivity contribution in [3.05, 3.63) is 76.7 Å². The van der Waals surface area contributed by atoms with Crippen LogP contribution in [0.4, 0.5) is 5.69 Å². The van der Waals surface area contributed by atoms with E-state index in [1.807, 2.05) is 42.5 Å². The molecule has 1 aliphatic rings. The number of amides is 1. The maximum absolute atomic E-state index is 12.9. The Morgan fingerprint density at radius 3 is 2.48 bits per heavy atom. The molecule has 0 atom stereocenters. The Kier molecular flexibility index (Phi) is 5.77. The van der Waals surface area contributed by atoms with Gasteiger partial charge in [0.1, 0.15) is 5.75 Å². The Morgan fingerprint density at radius 1 is 1.03 bits per heavy atom. The van der Waals surface area contributed by atoms with E-state index < -0.39 is 5.97 Å². The van der Waals surface area contributed by atoms with Gasteiger partial charge in [-0.2, -0.15) is 0 Å². The molecule has 0 saturated carbocycles. The SMILES string of the molecule is COC(=O)c1ccc(N=C2SC(=Cc3c(OC)ccc4ccccc34)C(=O)N2C)cc1. The fourth-order valence-corrected chi connectivity index (χ4v) is 4.25. The number of rotatable bonds is 4. The lowest BCUT2D eigenvalue weighted by atomic mass is 10.0. The number of carbonyl (C=O) groups excluding carboxylic acids is 2. The van der Waals surface area contributed by atoms with Crippen LogP contribution in [-0.4, -0.2) is 43.2 Å². The van der Waals surface area contributed by atoms with E-state index in [0.717, 1.165) is 16.3 Å². The zero-order valence-electron chi connectivity index (χ0n) is 17.3. The molecule has 4 rings (SSSR count). The predicted octanol–water partition coefficient (Wildman–Crippen LogP) is 4.87. The number of thioether (sulfide) groups is 1. The van der Waals surface area contributed by atoms with Gasteiger partial charge in [0, 0.05) is 12.6 Å². The molecule has 3 aromatic rings. The molecule has 1 saturated heterocycles. The number of nitrogens with zero attached hydrogens (tertiary/aromatic N) is 2. The number of hydrogen-bond donors (Lipinski definition) is 0. The van der Waals surface area contributed by atoms with Gasteiger partial charge in [-0.05, 0) is 58.9 Å². The molecule has 0 aliphatic carbocycles. The molecule has 0 aromatic heterocycles. The zero-order chi connectivity index (χ0) is 22.0. The first-order valence-corrected chi connectivity index (χ1v) is 10.3. The van der Waals surface area contributed by atoms with E-state index >= 15 is 0 Å². The minimum atomic E-state index is -0.406. The van der Waals surface area contributed by atoms with Crippen molar-refractivity contribution in [3.63, 3.8) is 0 Å². The topological polar surface area (TPSA) is 68.2 Å². The van der Waals surface area contributed by atoms with Crippen LogP contribution in [0.15, 0.2) is 70.6 Å². The van der Waals surface area contributed by atoms with E-state index in [-0.39, 0.29) is 5.91 Å². The van der Waals surface area contributed by atoms with E-state index in [2.05, 4.69) is 4.99 Å². The Labute approximate surface area is 184 Å². The summed E-state index contributed by atoms with van der Waals surface area (Å²) in [5, 5.41) is 2.63. The third-order valence-electron chi connectivity index (χ3n) is 4.94. The molecule has 156 valence electrons. The maximum atomic E-state index is 12.9. The van der Waals surface area contributed by atoms with Gasteiger partial charge in [-0.1, -0.05) is 30.3 Å². The first kappa shape index (κ1) is 20.7. The van der Waals surface area contributed by atoms with Crippen molar-refractivity contribution in [2.24, 2.45) is 4.99 Å². The first-order chi connectivity index (χ1) is 15.0. The molecule has 0 N–H and O–H groups in total. The number of esters is 1. The van der Waals surface area contributed by atoms with Crippen LogP contribution in [0.2, 0.25) is 0 Å². The lowest BCUT2D eigenvalue weighted by molar-refractivity contribution is -0.121. The van der Waals surface area contributed by atoms with Crippen molar-refractivity contribution >= 4 is 51.3 Å². The zero-order valence-corrected chi connectivity index (χ0v) is 18.1. The maximum Gasteiger partial charge on any atom is 0.337 e. The highest BCUT2D eigenvalue weighted by atomic mass is 32.2. The Bertz CT molecular complexity index is 1230. The highest BCUT2D eigenvalue weighted by molar-refractivity contribution is 8.18. The monoisotopic (exact) mass is 432 g/mol. The number of amidine groups is 1. The summed E-state index contributed by atoms with van der Waals surface area (Å²) in [6, 6.07) is 18.6. The van der Waals surface area contributed by atoms with Gasteiger partial charge in [0.15, 0.2) is 5.17 Å². The smallest absolute Gasteiger partial charge is 0.337 e. The molecule has 0 unspecified atom stereocenters. The number of carbonyl (C=O) groups is 2. The molecule has 6 nitrogen and oxygen atoms in total. The lowest BCUT2D eigenvalue weighted by Crippen LogP contribution is -2.23. The van der Waals surface area contributed by atoms with E-state index in [4.69, 9.17) is 9.47 Å². The quantitative estimate of drug-likeness (QED) is 0.435. The number of likely N-dealkylation sites (N-methyl/N-ethyl adjacent to an activating group) is 1. The normalized spacial score (nSPS) is 16.4. The number of aliphatic imine (C=N–C) groups is 1. The summed E-state index contributed by atoms with van der Waals surface area (Å²) >= 11 is 1.30. The van der Waals surface area contributed by atoms with Crippen molar-refractivity contribution in [1.82, 2.24) is 4.90 Å². The van der Waals surface area contributed by atoms with Crippen molar-refractivity contribution < 1.29 is 19.1 Å². The molecule has 0 spiro atoms. The van der Waals surface area contributed by atoms with Crippen molar-refractivity contribution in [1.29, 1.82) is 0 Å². The van der Waals surface area contributed by atoms with E-state index in [0.29, 0.717) is 27.1 Å². The number of methoxy groups -OCH3 is 2. The van der Waals surface area contributed by atoms with Crippen molar-refractivity contribution in [2.75, 3.05) is 21.3 Å². The fraction of sp³-hybridized carbons (Fsp3) is 0.125. The van der Waals surface area contributed by atoms with Crippen molar-refractivity contribution in [2.45, 2.75) is 0 Å². The van der Waals surface area contributed by atoms with Gasteiger partial charge in [0.05, 0.1) is 30.4 Å². The molecule has 1 aliphatic heterocycles. The van der Waals surface area contributed by atoms with E-state index in [9.17, 15) is 9.59 Å². The third kappa shape index (κ3) is 4.04. The molecule has 3 aromatic carbocycles. The van der Waals surface area contributed by atoms with Crippen LogP contribution >= 0.6 is 11.8 Å². The number of fused-ring (bicyclic) bond motifs is 1. The largest absolute Gasteiger partial charge is 0.496 e. The molecule has 0 bridgehead atoms. The van der Waals surface area contributed by atoms with E-state index in [1.54, 1.807) is 38.4 Å². The fourth-order valence-electron chi connectivity index (χ4n) is 3.29. The number of hydrogen-bond acceptors (Lipinski definition) is 6. The average Bonchev–Trinajstić information content (AvgIpc) is 3.07. The van der Waals surface area contributed by atoms with Gasteiger partial charge < -0.3 is 9.47 Å². The van der Waals surface area contributed by atoms with Crippen LogP contribution in [0.3, 0.4) is 0 Å². The molecule has 7 heteroatoms. The molecule has 1 fully saturated rings. The van der Waals surface area contributed by atoms with Crippen LogP contribution in [0.5, 0.6) is 5.75 Å². The van der Waals surface area contributed by atoms with Crippen LogP contribution in [0, 0.1) is 0 Å². The summed E-state index contributed by atoms with van der Waals surface area (Å²) in [5.41, 5.74) is 1.94. The summed E-state index contributed by atoms with van der Waals surface area (Å²) < 4.78 is 10.3. The van der Waals surface area contributed by atoms with Gasteiger partial charge in [-0.25, -0.2) is 9.79 Å². The van der Waals surface area contributed by atoms with Crippen LogP contribution in [-0.2, 0) is 9.53 Å². The Balaban J connectivity index is 1.69.